The first-order chi connectivity index (χ1) is 8.08. The minimum absolute atomic E-state index is 0.478. The number of benzene rings is 2. The van der Waals surface area contributed by atoms with Crippen LogP contribution in [0.25, 0.3) is 0 Å². The Morgan fingerprint density at radius 2 is 1.82 bits per heavy atom. The Morgan fingerprint density at radius 1 is 1.06 bits per heavy atom. The molecule has 0 saturated carbocycles. The van der Waals surface area contributed by atoms with Gasteiger partial charge in [0.1, 0.15) is 6.10 Å². The van der Waals surface area contributed by atoms with E-state index in [-0.39, 0.29) is 0 Å². The first-order valence-electron chi connectivity index (χ1n) is 5.27. The Bertz CT molecular complexity index is 537. The SMILES string of the molecule is Cc1cccc(C(O)c2ccc(Cl)cc2Cl)c1. The summed E-state index contributed by atoms with van der Waals surface area (Å²) in [6.07, 6.45) is -0.723. The van der Waals surface area contributed by atoms with Gasteiger partial charge in [0, 0.05) is 15.6 Å². The van der Waals surface area contributed by atoms with Crippen LogP contribution in [0.2, 0.25) is 10.0 Å². The molecule has 0 amide bonds. The molecule has 0 radical (unpaired) electrons. The zero-order valence-corrected chi connectivity index (χ0v) is 10.8. The van der Waals surface area contributed by atoms with E-state index >= 15 is 0 Å². The predicted molar refractivity (Wildman–Crippen MR) is 71.7 cm³/mol. The van der Waals surface area contributed by atoms with Gasteiger partial charge < -0.3 is 5.11 Å². The number of aliphatic hydroxyl groups excluding tert-OH is 1. The van der Waals surface area contributed by atoms with E-state index < -0.39 is 6.10 Å². The third-order valence-electron chi connectivity index (χ3n) is 2.61. The number of hydrogen-bond acceptors (Lipinski definition) is 1. The van der Waals surface area contributed by atoms with Crippen LogP contribution < -0.4 is 0 Å². The second-order valence-electron chi connectivity index (χ2n) is 3.98. The Labute approximate surface area is 111 Å². The summed E-state index contributed by atoms with van der Waals surface area (Å²) in [5, 5.41) is 11.3. The molecule has 2 aromatic rings. The van der Waals surface area contributed by atoms with Crippen molar-refractivity contribution in [2.45, 2.75) is 13.0 Å². The molecule has 1 atom stereocenters. The Hall–Kier alpha value is -1.02. The Balaban J connectivity index is 2.40. The molecular weight excluding hydrogens is 255 g/mol. The maximum atomic E-state index is 10.3. The average Bonchev–Trinajstić information content (AvgIpc) is 2.28. The number of aryl methyl sites for hydroxylation is 1. The first kappa shape index (κ1) is 12.4. The van der Waals surface area contributed by atoms with Gasteiger partial charge in [0.15, 0.2) is 0 Å². The molecule has 1 N–H and O–H groups in total. The monoisotopic (exact) mass is 266 g/mol. The molecule has 0 heterocycles. The van der Waals surface area contributed by atoms with Gasteiger partial charge in [-0.05, 0) is 24.6 Å². The fourth-order valence-electron chi connectivity index (χ4n) is 1.74. The van der Waals surface area contributed by atoms with E-state index in [0.29, 0.717) is 15.6 Å². The van der Waals surface area contributed by atoms with Gasteiger partial charge in [0.05, 0.1) is 0 Å². The molecule has 2 rings (SSSR count). The summed E-state index contributed by atoms with van der Waals surface area (Å²) in [4.78, 5) is 0. The van der Waals surface area contributed by atoms with Crippen LogP contribution in [0, 0.1) is 6.92 Å². The van der Waals surface area contributed by atoms with Crippen molar-refractivity contribution in [3.8, 4) is 0 Å². The van der Waals surface area contributed by atoms with E-state index in [1.807, 2.05) is 31.2 Å². The summed E-state index contributed by atoms with van der Waals surface area (Å²) in [5.41, 5.74) is 2.60. The molecule has 0 spiro atoms. The van der Waals surface area contributed by atoms with E-state index in [4.69, 9.17) is 23.2 Å². The molecule has 1 unspecified atom stereocenters. The van der Waals surface area contributed by atoms with E-state index in [0.717, 1.165) is 11.1 Å². The third-order valence-corrected chi connectivity index (χ3v) is 3.18. The topological polar surface area (TPSA) is 20.2 Å². The highest BCUT2D eigenvalue weighted by Crippen LogP contribution is 2.30. The predicted octanol–water partition coefficient (Wildman–Crippen LogP) is 4.38. The van der Waals surface area contributed by atoms with E-state index in [1.54, 1.807) is 18.2 Å². The van der Waals surface area contributed by atoms with Crippen molar-refractivity contribution in [2.24, 2.45) is 0 Å². The molecule has 3 heteroatoms. The summed E-state index contributed by atoms with van der Waals surface area (Å²) in [6, 6.07) is 12.8. The Morgan fingerprint density at radius 3 is 2.47 bits per heavy atom. The maximum absolute atomic E-state index is 10.3. The minimum Gasteiger partial charge on any atom is -0.384 e. The van der Waals surface area contributed by atoms with Crippen molar-refractivity contribution in [1.82, 2.24) is 0 Å². The van der Waals surface area contributed by atoms with E-state index in [9.17, 15) is 5.11 Å². The van der Waals surface area contributed by atoms with Gasteiger partial charge in [-0.25, -0.2) is 0 Å². The van der Waals surface area contributed by atoms with Crippen LogP contribution in [0.4, 0.5) is 0 Å². The van der Waals surface area contributed by atoms with Crippen LogP contribution in [0.15, 0.2) is 42.5 Å². The molecule has 0 bridgehead atoms. The fourth-order valence-corrected chi connectivity index (χ4v) is 2.25. The summed E-state index contributed by atoms with van der Waals surface area (Å²) in [7, 11) is 0. The van der Waals surface area contributed by atoms with E-state index in [2.05, 4.69) is 0 Å². The van der Waals surface area contributed by atoms with Gasteiger partial charge in [-0.2, -0.15) is 0 Å². The number of aliphatic hydroxyl groups is 1. The van der Waals surface area contributed by atoms with Crippen LogP contribution in [0.5, 0.6) is 0 Å². The van der Waals surface area contributed by atoms with Crippen LogP contribution >= 0.6 is 23.2 Å². The van der Waals surface area contributed by atoms with Crippen LogP contribution in [-0.2, 0) is 0 Å². The smallest absolute Gasteiger partial charge is 0.105 e. The summed E-state index contributed by atoms with van der Waals surface area (Å²) in [5.74, 6) is 0. The lowest BCUT2D eigenvalue weighted by Gasteiger charge is -2.13. The van der Waals surface area contributed by atoms with Gasteiger partial charge in [-0.1, -0.05) is 59.1 Å². The fraction of sp³-hybridized carbons (Fsp3) is 0.143. The number of rotatable bonds is 2. The molecule has 0 saturated heterocycles. The average molecular weight is 267 g/mol. The molecular formula is C14H12Cl2O. The molecule has 17 heavy (non-hydrogen) atoms. The van der Waals surface area contributed by atoms with Crippen molar-refractivity contribution in [1.29, 1.82) is 0 Å². The van der Waals surface area contributed by atoms with Crippen molar-refractivity contribution >= 4 is 23.2 Å². The van der Waals surface area contributed by atoms with Crippen LogP contribution in [0.1, 0.15) is 22.8 Å². The van der Waals surface area contributed by atoms with Gasteiger partial charge in [0.2, 0.25) is 0 Å². The standard InChI is InChI=1S/C14H12Cl2O/c1-9-3-2-4-10(7-9)14(17)12-6-5-11(15)8-13(12)16/h2-8,14,17H,1H3. The normalized spacial score (nSPS) is 12.5. The second kappa shape index (κ2) is 5.09. The molecule has 88 valence electrons. The molecule has 1 nitrogen and oxygen atoms in total. The maximum Gasteiger partial charge on any atom is 0.105 e. The van der Waals surface area contributed by atoms with Gasteiger partial charge in [-0.3, -0.25) is 0 Å². The highest BCUT2D eigenvalue weighted by atomic mass is 35.5. The Kier molecular flexibility index (Phi) is 3.72. The van der Waals surface area contributed by atoms with Crippen LogP contribution in [-0.4, -0.2) is 5.11 Å². The van der Waals surface area contributed by atoms with Crippen molar-refractivity contribution < 1.29 is 5.11 Å². The van der Waals surface area contributed by atoms with Crippen molar-refractivity contribution in [3.05, 3.63) is 69.2 Å². The number of halogens is 2. The quantitative estimate of drug-likeness (QED) is 0.855. The zero-order valence-electron chi connectivity index (χ0n) is 9.32. The molecule has 0 aromatic heterocycles. The lowest BCUT2D eigenvalue weighted by molar-refractivity contribution is 0.220. The van der Waals surface area contributed by atoms with Gasteiger partial charge >= 0.3 is 0 Å². The molecule has 0 aliphatic carbocycles. The molecule has 0 fully saturated rings. The van der Waals surface area contributed by atoms with Crippen molar-refractivity contribution in [3.63, 3.8) is 0 Å². The minimum atomic E-state index is -0.723. The number of hydrogen-bond donors (Lipinski definition) is 1. The largest absolute Gasteiger partial charge is 0.384 e. The molecule has 0 aliphatic rings. The lowest BCUT2D eigenvalue weighted by atomic mass is 10.00. The highest BCUT2D eigenvalue weighted by Gasteiger charge is 2.14. The lowest BCUT2D eigenvalue weighted by Crippen LogP contribution is -2.00. The summed E-state index contributed by atoms with van der Waals surface area (Å²) < 4.78 is 0. The summed E-state index contributed by atoms with van der Waals surface area (Å²) >= 11 is 11.9. The zero-order chi connectivity index (χ0) is 12.4. The summed E-state index contributed by atoms with van der Waals surface area (Å²) in [6.45, 7) is 1.99. The third kappa shape index (κ3) is 2.81. The molecule has 0 aliphatic heterocycles. The van der Waals surface area contributed by atoms with Gasteiger partial charge in [0.25, 0.3) is 0 Å². The highest BCUT2D eigenvalue weighted by molar-refractivity contribution is 6.35. The van der Waals surface area contributed by atoms with Gasteiger partial charge in [-0.15, -0.1) is 0 Å². The van der Waals surface area contributed by atoms with Crippen molar-refractivity contribution in [2.75, 3.05) is 0 Å². The molecule has 2 aromatic carbocycles. The second-order valence-corrected chi connectivity index (χ2v) is 4.83. The van der Waals surface area contributed by atoms with Crippen LogP contribution in [0.3, 0.4) is 0 Å². The first-order valence-corrected chi connectivity index (χ1v) is 6.03. The van der Waals surface area contributed by atoms with E-state index in [1.165, 1.54) is 0 Å².